The number of unbranched alkanes of at least 4 members (excludes halogenated alkanes) is 1. The van der Waals surface area contributed by atoms with Crippen LogP contribution in [0.25, 0.3) is 10.8 Å². The molecule has 1 unspecified atom stereocenters. The summed E-state index contributed by atoms with van der Waals surface area (Å²) < 4.78 is 0. The van der Waals surface area contributed by atoms with Crippen molar-refractivity contribution in [2.75, 3.05) is 54.8 Å². The van der Waals surface area contributed by atoms with Crippen LogP contribution in [0.1, 0.15) is 49.7 Å². The Labute approximate surface area is 311 Å². The zero-order valence-electron chi connectivity index (χ0n) is 30.3. The summed E-state index contributed by atoms with van der Waals surface area (Å²) in [6.07, 6.45) is 5.67. The normalized spacial score (nSPS) is 15.7. The molecule has 11 nitrogen and oxygen atoms in total. The van der Waals surface area contributed by atoms with E-state index in [4.69, 9.17) is 5.73 Å². The van der Waals surface area contributed by atoms with E-state index in [0.717, 1.165) is 80.2 Å². The zero-order valence-corrected chi connectivity index (χ0v) is 30.3. The minimum Gasteiger partial charge on any atom is -0.368 e. The van der Waals surface area contributed by atoms with Gasteiger partial charge < -0.3 is 36.8 Å². The number of amides is 5. The van der Waals surface area contributed by atoms with Crippen LogP contribution in [0.15, 0.2) is 91.0 Å². The molecule has 4 aromatic carbocycles. The van der Waals surface area contributed by atoms with Crippen LogP contribution >= 0.6 is 0 Å². The van der Waals surface area contributed by atoms with Gasteiger partial charge in [0.2, 0.25) is 17.7 Å². The van der Waals surface area contributed by atoms with Crippen molar-refractivity contribution in [3.63, 3.8) is 0 Å². The molecule has 0 bridgehead atoms. The average Bonchev–Trinajstić information content (AvgIpc) is 3.43. The number of primary amides is 1. The number of benzene rings is 4. The van der Waals surface area contributed by atoms with Gasteiger partial charge in [-0.1, -0.05) is 72.8 Å². The Hall–Kier alpha value is -5.42. The fraction of sp³-hybridized carbons (Fsp3) is 0.381. The standard InChI is InChI=1S/C42H51N7O4/c43-40(51)37(28-31-15-16-32-12-5-6-13-34(32)27-31)47-42(53)45-35-17-18-38(36(29-35)46-39(50)14-7-4-11-30-9-2-1-3-10-30)48-23-8-24-49(26-25-48)41(52)33-19-21-44-22-20-33/h1-3,5-6,9-10,12-13,15-18,27,29,33,37,44H,4,7-8,11,14,19-26,28H2,(H2,43,51)(H,46,50)(H2,45,47,53). The molecule has 6 rings (SSSR count). The van der Waals surface area contributed by atoms with Gasteiger partial charge in [0.25, 0.3) is 0 Å². The summed E-state index contributed by atoms with van der Waals surface area (Å²) in [6, 6.07) is 28.0. The van der Waals surface area contributed by atoms with Gasteiger partial charge in [-0.05, 0) is 91.7 Å². The van der Waals surface area contributed by atoms with Crippen molar-refractivity contribution in [1.82, 2.24) is 15.5 Å². The summed E-state index contributed by atoms with van der Waals surface area (Å²) in [5, 5.41) is 14.2. The van der Waals surface area contributed by atoms with Gasteiger partial charge in [-0.15, -0.1) is 0 Å². The molecule has 2 saturated heterocycles. The SMILES string of the molecule is NC(=O)C(Cc1ccc2ccccc2c1)NC(=O)Nc1ccc(N2CCCN(C(=O)C3CCNCC3)CC2)c(NC(=O)CCCCc2ccccc2)c1. The number of fused-ring (bicyclic) bond motifs is 1. The molecule has 6 N–H and O–H groups in total. The van der Waals surface area contributed by atoms with E-state index in [9.17, 15) is 19.2 Å². The van der Waals surface area contributed by atoms with Gasteiger partial charge in [-0.25, -0.2) is 4.79 Å². The molecule has 0 saturated carbocycles. The number of nitrogens with zero attached hydrogens (tertiary/aromatic N) is 2. The molecule has 0 spiro atoms. The number of hydrogen-bond donors (Lipinski definition) is 5. The number of anilines is 3. The van der Waals surface area contributed by atoms with Crippen molar-refractivity contribution in [1.29, 1.82) is 0 Å². The summed E-state index contributed by atoms with van der Waals surface area (Å²) in [6.45, 7) is 4.39. The number of nitrogens with two attached hydrogens (primary N) is 1. The molecule has 53 heavy (non-hydrogen) atoms. The third-order valence-corrected chi connectivity index (χ3v) is 10.2. The Morgan fingerprint density at radius 3 is 2.34 bits per heavy atom. The Bertz CT molecular complexity index is 1880. The molecule has 0 aliphatic carbocycles. The Kier molecular flexibility index (Phi) is 12.9. The topological polar surface area (TPSA) is 149 Å². The second-order valence-corrected chi connectivity index (χ2v) is 14.1. The predicted molar refractivity (Wildman–Crippen MR) is 211 cm³/mol. The van der Waals surface area contributed by atoms with E-state index in [1.54, 1.807) is 12.1 Å². The molecule has 11 heteroatoms. The van der Waals surface area contributed by atoms with E-state index in [-0.39, 0.29) is 24.2 Å². The number of hydrogen-bond acceptors (Lipinski definition) is 6. The third-order valence-electron chi connectivity index (χ3n) is 10.2. The fourth-order valence-electron chi connectivity index (χ4n) is 7.32. The number of nitrogens with one attached hydrogen (secondary N) is 4. The number of aryl methyl sites for hydroxylation is 1. The first-order valence-corrected chi connectivity index (χ1v) is 18.9. The average molecular weight is 718 g/mol. The maximum absolute atomic E-state index is 13.3. The molecular weight excluding hydrogens is 667 g/mol. The van der Waals surface area contributed by atoms with Crippen LogP contribution in [0.5, 0.6) is 0 Å². The summed E-state index contributed by atoms with van der Waals surface area (Å²) in [7, 11) is 0. The lowest BCUT2D eigenvalue weighted by molar-refractivity contribution is -0.136. The van der Waals surface area contributed by atoms with Crippen LogP contribution in [-0.2, 0) is 27.2 Å². The first kappa shape index (κ1) is 37.3. The van der Waals surface area contributed by atoms with Crippen LogP contribution in [0, 0.1) is 5.92 Å². The van der Waals surface area contributed by atoms with E-state index in [0.29, 0.717) is 37.4 Å². The minimum atomic E-state index is -0.932. The van der Waals surface area contributed by atoms with Gasteiger partial charge >= 0.3 is 6.03 Å². The van der Waals surface area contributed by atoms with Crippen molar-refractivity contribution in [3.05, 3.63) is 102 Å². The molecular formula is C42H51N7O4. The van der Waals surface area contributed by atoms with Crippen molar-refractivity contribution < 1.29 is 19.2 Å². The lowest BCUT2D eigenvalue weighted by Gasteiger charge is -2.29. The maximum Gasteiger partial charge on any atom is 0.319 e. The molecule has 0 radical (unpaired) electrons. The van der Waals surface area contributed by atoms with Gasteiger partial charge in [-0.3, -0.25) is 14.4 Å². The molecule has 2 aliphatic heterocycles. The zero-order chi connectivity index (χ0) is 37.0. The molecule has 0 aromatic heterocycles. The number of carbonyl (C=O) groups excluding carboxylic acids is 4. The highest BCUT2D eigenvalue weighted by molar-refractivity contribution is 5.98. The second-order valence-electron chi connectivity index (χ2n) is 14.1. The number of rotatable bonds is 13. The fourth-order valence-corrected chi connectivity index (χ4v) is 7.32. The van der Waals surface area contributed by atoms with E-state index in [1.165, 1.54) is 5.56 Å². The highest BCUT2D eigenvalue weighted by atomic mass is 16.2. The third kappa shape index (κ3) is 10.6. The van der Waals surface area contributed by atoms with Gasteiger partial charge in [0.1, 0.15) is 6.04 Å². The van der Waals surface area contributed by atoms with Crippen LogP contribution in [-0.4, -0.2) is 74.0 Å². The van der Waals surface area contributed by atoms with E-state index in [2.05, 4.69) is 38.3 Å². The highest BCUT2D eigenvalue weighted by Gasteiger charge is 2.28. The number of urea groups is 1. The van der Waals surface area contributed by atoms with Crippen LogP contribution in [0.4, 0.5) is 21.9 Å². The molecule has 2 heterocycles. The molecule has 5 amide bonds. The highest BCUT2D eigenvalue weighted by Crippen LogP contribution is 2.31. The summed E-state index contributed by atoms with van der Waals surface area (Å²) >= 11 is 0. The van der Waals surface area contributed by atoms with Crippen LogP contribution in [0.2, 0.25) is 0 Å². The Morgan fingerprint density at radius 2 is 1.55 bits per heavy atom. The molecule has 2 aliphatic rings. The van der Waals surface area contributed by atoms with Crippen molar-refractivity contribution in [2.45, 2.75) is 57.4 Å². The van der Waals surface area contributed by atoms with Crippen molar-refractivity contribution in [2.24, 2.45) is 11.7 Å². The smallest absolute Gasteiger partial charge is 0.319 e. The maximum atomic E-state index is 13.3. The molecule has 4 aromatic rings. The predicted octanol–water partition coefficient (Wildman–Crippen LogP) is 5.45. The Balaban J connectivity index is 1.13. The van der Waals surface area contributed by atoms with Crippen LogP contribution in [0.3, 0.4) is 0 Å². The van der Waals surface area contributed by atoms with Crippen molar-refractivity contribution >= 4 is 51.6 Å². The lowest BCUT2D eigenvalue weighted by Crippen LogP contribution is -2.47. The van der Waals surface area contributed by atoms with Gasteiger partial charge in [-0.2, -0.15) is 0 Å². The second kappa shape index (κ2) is 18.4. The lowest BCUT2D eigenvalue weighted by atomic mass is 9.96. The first-order valence-electron chi connectivity index (χ1n) is 18.9. The summed E-state index contributed by atoms with van der Waals surface area (Å²) in [5.74, 6) is -0.448. The quantitative estimate of drug-likeness (QED) is 0.116. The first-order chi connectivity index (χ1) is 25.8. The van der Waals surface area contributed by atoms with Gasteiger partial charge in [0, 0.05) is 50.6 Å². The molecule has 1 atom stereocenters. The van der Waals surface area contributed by atoms with E-state index in [1.807, 2.05) is 71.6 Å². The number of piperidine rings is 1. The minimum absolute atomic E-state index is 0.0674. The van der Waals surface area contributed by atoms with Gasteiger partial charge in [0.15, 0.2) is 0 Å². The van der Waals surface area contributed by atoms with Crippen molar-refractivity contribution in [3.8, 4) is 0 Å². The largest absolute Gasteiger partial charge is 0.368 e. The Morgan fingerprint density at radius 1 is 0.774 bits per heavy atom. The van der Waals surface area contributed by atoms with Crippen LogP contribution < -0.4 is 31.9 Å². The summed E-state index contributed by atoms with van der Waals surface area (Å²) in [4.78, 5) is 56.5. The monoisotopic (exact) mass is 717 g/mol. The van der Waals surface area contributed by atoms with Gasteiger partial charge in [0.05, 0.1) is 11.4 Å². The summed E-state index contributed by atoms with van der Waals surface area (Å²) in [5.41, 5.74) is 9.71. The van der Waals surface area contributed by atoms with E-state index < -0.39 is 18.0 Å². The molecule has 2 fully saturated rings. The van der Waals surface area contributed by atoms with E-state index >= 15 is 0 Å². The number of carbonyl (C=O) groups is 4. The molecule has 278 valence electrons.